The first kappa shape index (κ1) is 11.3. The normalized spacial score (nSPS) is 23.2. The van der Waals surface area contributed by atoms with Gasteiger partial charge in [-0.1, -0.05) is 0 Å². The van der Waals surface area contributed by atoms with E-state index in [1.165, 1.54) is 12.8 Å². The van der Waals surface area contributed by atoms with E-state index in [-0.39, 0.29) is 6.04 Å². The van der Waals surface area contributed by atoms with Crippen LogP contribution in [0.2, 0.25) is 0 Å². The molecule has 1 aliphatic rings. The van der Waals surface area contributed by atoms with Gasteiger partial charge in [0.25, 0.3) is 0 Å². The van der Waals surface area contributed by atoms with Crippen molar-refractivity contribution in [2.24, 2.45) is 11.7 Å². The number of hydrogen-bond acceptors (Lipinski definition) is 4. The number of aromatic nitrogens is 2. The number of rotatable bonds is 2. The topological polar surface area (TPSA) is 55.0 Å². The summed E-state index contributed by atoms with van der Waals surface area (Å²) in [6.45, 7) is 6.13. The first-order valence-electron chi connectivity index (χ1n) is 5.97. The zero-order chi connectivity index (χ0) is 11.5. The van der Waals surface area contributed by atoms with E-state index in [1.807, 2.05) is 19.2 Å². The highest BCUT2D eigenvalue weighted by atomic mass is 15.2. The van der Waals surface area contributed by atoms with Gasteiger partial charge in [-0.25, -0.2) is 9.97 Å². The molecular formula is C12H20N4. The second-order valence-electron chi connectivity index (χ2n) is 4.67. The second kappa shape index (κ2) is 4.78. The molecule has 2 unspecified atom stereocenters. The van der Waals surface area contributed by atoms with Crippen LogP contribution in [0.4, 0.5) is 5.82 Å². The van der Waals surface area contributed by atoms with Crippen LogP contribution in [0.25, 0.3) is 0 Å². The molecule has 2 atom stereocenters. The van der Waals surface area contributed by atoms with Crippen LogP contribution in [0.15, 0.2) is 12.3 Å². The van der Waals surface area contributed by atoms with E-state index in [2.05, 4.69) is 21.8 Å². The average molecular weight is 220 g/mol. The summed E-state index contributed by atoms with van der Waals surface area (Å²) >= 11 is 0. The number of nitrogens with two attached hydrogens (primary N) is 1. The highest BCUT2D eigenvalue weighted by Gasteiger charge is 2.23. The van der Waals surface area contributed by atoms with Crippen molar-refractivity contribution < 1.29 is 0 Å². The third-order valence-electron chi connectivity index (χ3n) is 3.29. The molecule has 16 heavy (non-hydrogen) atoms. The molecule has 1 saturated heterocycles. The Morgan fingerprint density at radius 3 is 3.06 bits per heavy atom. The standard InChI is InChI=1S/C12H20N4/c1-9(13)11-4-3-7-16(8-11)12-5-6-14-10(2)15-12/h5-6,9,11H,3-4,7-8,13H2,1-2H3. The Hall–Kier alpha value is -1.16. The van der Waals surface area contributed by atoms with Crippen molar-refractivity contribution in [3.63, 3.8) is 0 Å². The van der Waals surface area contributed by atoms with Crippen molar-refractivity contribution in [2.45, 2.75) is 32.7 Å². The van der Waals surface area contributed by atoms with Crippen molar-refractivity contribution >= 4 is 5.82 Å². The Balaban J connectivity index is 2.09. The summed E-state index contributed by atoms with van der Waals surface area (Å²) in [5, 5.41) is 0. The summed E-state index contributed by atoms with van der Waals surface area (Å²) in [6.07, 6.45) is 4.26. The predicted octanol–water partition coefficient (Wildman–Crippen LogP) is 1.35. The number of aryl methyl sites for hydroxylation is 1. The van der Waals surface area contributed by atoms with Gasteiger partial charge in [-0.05, 0) is 38.7 Å². The first-order chi connectivity index (χ1) is 7.66. The van der Waals surface area contributed by atoms with Gasteiger partial charge < -0.3 is 10.6 Å². The lowest BCUT2D eigenvalue weighted by atomic mass is 9.92. The molecule has 1 aromatic heterocycles. The predicted molar refractivity (Wildman–Crippen MR) is 65.4 cm³/mol. The van der Waals surface area contributed by atoms with Gasteiger partial charge >= 0.3 is 0 Å². The Bertz CT molecular complexity index is 351. The summed E-state index contributed by atoms with van der Waals surface area (Å²) in [5.74, 6) is 2.46. The highest BCUT2D eigenvalue weighted by Crippen LogP contribution is 2.22. The molecule has 2 heterocycles. The van der Waals surface area contributed by atoms with Crippen LogP contribution >= 0.6 is 0 Å². The molecule has 1 fully saturated rings. The van der Waals surface area contributed by atoms with Gasteiger partial charge in [0, 0.05) is 25.3 Å². The largest absolute Gasteiger partial charge is 0.356 e. The zero-order valence-electron chi connectivity index (χ0n) is 10.1. The van der Waals surface area contributed by atoms with Gasteiger partial charge in [-0.15, -0.1) is 0 Å². The first-order valence-corrected chi connectivity index (χ1v) is 5.97. The third-order valence-corrected chi connectivity index (χ3v) is 3.29. The molecule has 0 amide bonds. The van der Waals surface area contributed by atoms with E-state index in [0.29, 0.717) is 5.92 Å². The number of anilines is 1. The van der Waals surface area contributed by atoms with E-state index in [0.717, 1.165) is 24.7 Å². The molecule has 0 bridgehead atoms. The molecule has 0 aliphatic carbocycles. The molecule has 2 rings (SSSR count). The fourth-order valence-corrected chi connectivity index (χ4v) is 2.27. The van der Waals surface area contributed by atoms with Crippen LogP contribution in [0, 0.1) is 12.8 Å². The Morgan fingerprint density at radius 1 is 1.56 bits per heavy atom. The molecule has 4 nitrogen and oxygen atoms in total. The molecular weight excluding hydrogens is 200 g/mol. The van der Waals surface area contributed by atoms with Crippen LogP contribution in [0.3, 0.4) is 0 Å². The van der Waals surface area contributed by atoms with Crippen molar-refractivity contribution in [3.05, 3.63) is 18.1 Å². The average Bonchev–Trinajstić information content (AvgIpc) is 2.29. The van der Waals surface area contributed by atoms with Crippen LogP contribution in [0.5, 0.6) is 0 Å². The lowest BCUT2D eigenvalue weighted by Gasteiger charge is -2.35. The van der Waals surface area contributed by atoms with Crippen molar-refractivity contribution in [1.82, 2.24) is 9.97 Å². The summed E-state index contributed by atoms with van der Waals surface area (Å²) in [6, 6.07) is 2.25. The molecule has 88 valence electrons. The van der Waals surface area contributed by atoms with E-state index < -0.39 is 0 Å². The highest BCUT2D eigenvalue weighted by molar-refractivity contribution is 5.38. The fourth-order valence-electron chi connectivity index (χ4n) is 2.27. The maximum absolute atomic E-state index is 5.98. The van der Waals surface area contributed by atoms with E-state index in [1.54, 1.807) is 0 Å². The Morgan fingerprint density at radius 2 is 2.38 bits per heavy atom. The monoisotopic (exact) mass is 220 g/mol. The Kier molecular flexibility index (Phi) is 3.39. The summed E-state index contributed by atoms with van der Waals surface area (Å²) in [7, 11) is 0. The summed E-state index contributed by atoms with van der Waals surface area (Å²) < 4.78 is 0. The lowest BCUT2D eigenvalue weighted by molar-refractivity contribution is 0.363. The van der Waals surface area contributed by atoms with Gasteiger partial charge in [0.2, 0.25) is 0 Å². The smallest absolute Gasteiger partial charge is 0.132 e. The van der Waals surface area contributed by atoms with Crippen LogP contribution in [-0.2, 0) is 0 Å². The fraction of sp³-hybridized carbons (Fsp3) is 0.667. The van der Waals surface area contributed by atoms with Gasteiger partial charge in [0.1, 0.15) is 11.6 Å². The number of nitrogens with zero attached hydrogens (tertiary/aromatic N) is 3. The second-order valence-corrected chi connectivity index (χ2v) is 4.67. The number of hydrogen-bond donors (Lipinski definition) is 1. The molecule has 0 radical (unpaired) electrons. The molecule has 4 heteroatoms. The maximum Gasteiger partial charge on any atom is 0.132 e. The molecule has 0 aromatic carbocycles. The third kappa shape index (κ3) is 2.50. The molecule has 2 N–H and O–H groups in total. The van der Waals surface area contributed by atoms with Gasteiger partial charge in [0.15, 0.2) is 0 Å². The van der Waals surface area contributed by atoms with Crippen molar-refractivity contribution in [1.29, 1.82) is 0 Å². The molecule has 1 aromatic rings. The molecule has 0 spiro atoms. The minimum Gasteiger partial charge on any atom is -0.356 e. The van der Waals surface area contributed by atoms with Crippen LogP contribution < -0.4 is 10.6 Å². The quantitative estimate of drug-likeness (QED) is 0.817. The minimum atomic E-state index is 0.269. The van der Waals surface area contributed by atoms with E-state index in [9.17, 15) is 0 Å². The molecule has 1 aliphatic heterocycles. The van der Waals surface area contributed by atoms with E-state index in [4.69, 9.17) is 5.73 Å². The van der Waals surface area contributed by atoms with Crippen molar-refractivity contribution in [3.8, 4) is 0 Å². The lowest BCUT2D eigenvalue weighted by Crippen LogP contribution is -2.42. The van der Waals surface area contributed by atoms with Crippen LogP contribution in [-0.4, -0.2) is 29.1 Å². The minimum absolute atomic E-state index is 0.269. The SMILES string of the molecule is Cc1nccc(N2CCCC(C(C)N)C2)n1. The van der Waals surface area contributed by atoms with Gasteiger partial charge in [0.05, 0.1) is 0 Å². The van der Waals surface area contributed by atoms with Gasteiger partial charge in [-0.2, -0.15) is 0 Å². The zero-order valence-corrected chi connectivity index (χ0v) is 10.1. The number of piperidine rings is 1. The Labute approximate surface area is 96.9 Å². The van der Waals surface area contributed by atoms with Gasteiger partial charge in [-0.3, -0.25) is 0 Å². The maximum atomic E-state index is 5.98. The summed E-state index contributed by atoms with van der Waals surface area (Å²) in [4.78, 5) is 10.9. The van der Waals surface area contributed by atoms with E-state index >= 15 is 0 Å². The summed E-state index contributed by atoms with van der Waals surface area (Å²) in [5.41, 5.74) is 5.98. The van der Waals surface area contributed by atoms with Crippen molar-refractivity contribution in [2.75, 3.05) is 18.0 Å². The molecule has 0 saturated carbocycles. The van der Waals surface area contributed by atoms with Crippen LogP contribution in [0.1, 0.15) is 25.6 Å².